The first-order valence-electron chi connectivity index (χ1n) is 10.5. The van der Waals surface area contributed by atoms with E-state index in [9.17, 15) is 9.59 Å². The van der Waals surface area contributed by atoms with Crippen LogP contribution in [-0.2, 0) is 9.59 Å². The van der Waals surface area contributed by atoms with Gasteiger partial charge in [0, 0.05) is 32.6 Å². The minimum absolute atomic E-state index is 0.00476. The highest BCUT2D eigenvalue weighted by molar-refractivity contribution is 7.19. The largest absolute Gasteiger partial charge is 0.355 e. The van der Waals surface area contributed by atoms with Gasteiger partial charge >= 0.3 is 0 Å². The zero-order valence-electron chi connectivity index (χ0n) is 16.4. The maximum absolute atomic E-state index is 12.6. The number of hydrogen-bond acceptors (Lipinski definition) is 6. The van der Waals surface area contributed by atoms with Crippen LogP contribution in [-0.4, -0.2) is 48.2 Å². The molecule has 0 aromatic carbocycles. The molecule has 0 saturated carbocycles. The smallest absolute Gasteiger partial charge is 0.228 e. The van der Waals surface area contributed by atoms with Crippen LogP contribution < -0.4 is 15.1 Å². The van der Waals surface area contributed by atoms with Gasteiger partial charge in [0.1, 0.15) is 0 Å². The molecule has 2 amide bonds. The van der Waals surface area contributed by atoms with Gasteiger partial charge in [0.25, 0.3) is 0 Å². The standard InChI is InChI=1S/C20H29N5O2S/c26-17-9-5-13-25(17)20-23-22-19(28-20)24-12-4-8-16(14-24)18(27)21-11-10-15-6-2-1-3-7-15/h6,16H,1-5,7-14H2,(H,21,27)/t16-/m1/s1. The van der Waals surface area contributed by atoms with E-state index in [0.717, 1.165) is 50.4 Å². The van der Waals surface area contributed by atoms with Crippen LogP contribution in [0.2, 0.25) is 0 Å². The Kier molecular flexibility index (Phi) is 6.24. The summed E-state index contributed by atoms with van der Waals surface area (Å²) in [5.41, 5.74) is 1.50. The molecule has 0 radical (unpaired) electrons. The fourth-order valence-corrected chi connectivity index (χ4v) is 5.21. The number of aromatic nitrogens is 2. The lowest BCUT2D eigenvalue weighted by Crippen LogP contribution is -2.43. The second-order valence-corrected chi connectivity index (χ2v) is 8.88. The Balaban J connectivity index is 1.29. The first kappa shape index (κ1) is 19.4. The Hall–Kier alpha value is -1.96. The van der Waals surface area contributed by atoms with Crippen molar-refractivity contribution in [3.05, 3.63) is 11.6 Å². The SMILES string of the molecule is O=C(NCCC1=CCCCC1)[C@@H]1CCCN(c2nnc(N3CCCC3=O)s2)C1. The lowest BCUT2D eigenvalue weighted by atomic mass is 9.96. The van der Waals surface area contributed by atoms with Crippen LogP contribution in [0.3, 0.4) is 0 Å². The number of allylic oxidation sites excluding steroid dienone is 1. The summed E-state index contributed by atoms with van der Waals surface area (Å²) < 4.78 is 0. The minimum Gasteiger partial charge on any atom is -0.355 e. The highest BCUT2D eigenvalue weighted by Gasteiger charge is 2.30. The summed E-state index contributed by atoms with van der Waals surface area (Å²) in [6.45, 7) is 3.03. The topological polar surface area (TPSA) is 78.4 Å². The van der Waals surface area contributed by atoms with Crippen molar-refractivity contribution >= 4 is 33.4 Å². The minimum atomic E-state index is -0.00476. The van der Waals surface area contributed by atoms with E-state index in [-0.39, 0.29) is 17.7 Å². The Morgan fingerprint density at radius 3 is 2.82 bits per heavy atom. The summed E-state index contributed by atoms with van der Waals surface area (Å²) in [7, 11) is 0. The van der Waals surface area contributed by atoms with E-state index in [0.29, 0.717) is 18.1 Å². The van der Waals surface area contributed by atoms with Crippen molar-refractivity contribution in [3.8, 4) is 0 Å². The third-order valence-corrected chi connectivity index (χ3v) is 6.91. The molecule has 2 saturated heterocycles. The molecular formula is C20H29N5O2S. The Bertz CT molecular complexity index is 747. The summed E-state index contributed by atoms with van der Waals surface area (Å²) >= 11 is 1.46. The number of amides is 2. The van der Waals surface area contributed by atoms with Gasteiger partial charge in [0.05, 0.1) is 5.92 Å². The Morgan fingerprint density at radius 1 is 1.14 bits per heavy atom. The van der Waals surface area contributed by atoms with Crippen molar-refractivity contribution in [2.75, 3.05) is 36.0 Å². The number of anilines is 2. The van der Waals surface area contributed by atoms with Crippen LogP contribution in [0.4, 0.5) is 10.3 Å². The van der Waals surface area contributed by atoms with Crippen LogP contribution in [0, 0.1) is 5.92 Å². The molecule has 3 heterocycles. The van der Waals surface area contributed by atoms with Gasteiger partial charge in [0.15, 0.2) is 0 Å². The molecule has 2 aliphatic heterocycles. The van der Waals surface area contributed by atoms with Crippen molar-refractivity contribution in [2.45, 2.75) is 57.8 Å². The maximum atomic E-state index is 12.6. The van der Waals surface area contributed by atoms with E-state index < -0.39 is 0 Å². The molecule has 28 heavy (non-hydrogen) atoms. The van der Waals surface area contributed by atoms with Gasteiger partial charge in [-0.2, -0.15) is 0 Å². The van der Waals surface area contributed by atoms with Gasteiger partial charge in [-0.1, -0.05) is 23.0 Å². The highest BCUT2D eigenvalue weighted by Crippen LogP contribution is 2.32. The van der Waals surface area contributed by atoms with Crippen molar-refractivity contribution in [3.63, 3.8) is 0 Å². The fourth-order valence-electron chi connectivity index (χ4n) is 4.28. The summed E-state index contributed by atoms with van der Waals surface area (Å²) in [5, 5.41) is 13.2. The van der Waals surface area contributed by atoms with Crippen molar-refractivity contribution in [1.82, 2.24) is 15.5 Å². The number of hydrogen-bond donors (Lipinski definition) is 1. The first-order valence-corrected chi connectivity index (χ1v) is 11.4. The molecule has 0 unspecified atom stereocenters. The highest BCUT2D eigenvalue weighted by atomic mass is 32.1. The zero-order chi connectivity index (χ0) is 19.3. The lowest BCUT2D eigenvalue weighted by molar-refractivity contribution is -0.125. The van der Waals surface area contributed by atoms with Crippen molar-refractivity contribution < 1.29 is 9.59 Å². The molecule has 1 atom stereocenters. The maximum Gasteiger partial charge on any atom is 0.228 e. The number of nitrogens with one attached hydrogen (secondary N) is 1. The third kappa shape index (κ3) is 4.54. The van der Waals surface area contributed by atoms with Crippen molar-refractivity contribution in [1.29, 1.82) is 0 Å². The molecule has 1 aliphatic carbocycles. The Morgan fingerprint density at radius 2 is 2.04 bits per heavy atom. The predicted octanol–water partition coefficient (Wildman–Crippen LogP) is 2.89. The zero-order valence-corrected chi connectivity index (χ0v) is 17.2. The normalized spacial score (nSPS) is 23.1. The summed E-state index contributed by atoms with van der Waals surface area (Å²) in [5.74, 6) is 0.280. The molecule has 152 valence electrons. The molecule has 8 heteroatoms. The molecule has 0 spiro atoms. The molecular weight excluding hydrogens is 374 g/mol. The molecule has 1 aromatic heterocycles. The average Bonchev–Trinajstić information content (AvgIpc) is 3.38. The number of piperidine rings is 1. The number of nitrogens with zero attached hydrogens (tertiary/aromatic N) is 4. The molecule has 7 nitrogen and oxygen atoms in total. The monoisotopic (exact) mass is 403 g/mol. The number of carbonyl (C=O) groups is 2. The van der Waals surface area contributed by atoms with Crippen LogP contribution in [0.25, 0.3) is 0 Å². The molecule has 1 N–H and O–H groups in total. The van der Waals surface area contributed by atoms with Gasteiger partial charge in [0.2, 0.25) is 22.1 Å². The van der Waals surface area contributed by atoms with E-state index in [1.807, 2.05) is 0 Å². The molecule has 0 bridgehead atoms. The van der Waals surface area contributed by atoms with Gasteiger partial charge < -0.3 is 10.2 Å². The number of rotatable bonds is 6. The van der Waals surface area contributed by atoms with E-state index in [4.69, 9.17) is 0 Å². The van der Waals surface area contributed by atoms with Crippen LogP contribution >= 0.6 is 11.3 Å². The second-order valence-electron chi connectivity index (χ2n) is 7.95. The summed E-state index contributed by atoms with van der Waals surface area (Å²) in [4.78, 5) is 28.4. The van der Waals surface area contributed by atoms with Gasteiger partial charge in [-0.15, -0.1) is 10.2 Å². The quantitative estimate of drug-likeness (QED) is 0.739. The summed E-state index contributed by atoms with van der Waals surface area (Å²) in [6.07, 6.45) is 11.6. The van der Waals surface area contributed by atoms with Gasteiger partial charge in [-0.05, 0) is 51.4 Å². The van der Waals surface area contributed by atoms with E-state index in [1.54, 1.807) is 4.90 Å². The molecule has 2 fully saturated rings. The summed E-state index contributed by atoms with van der Waals surface area (Å²) in [6, 6.07) is 0. The van der Waals surface area contributed by atoms with Crippen LogP contribution in [0.15, 0.2) is 11.6 Å². The van der Waals surface area contributed by atoms with E-state index in [2.05, 4.69) is 26.5 Å². The van der Waals surface area contributed by atoms with E-state index >= 15 is 0 Å². The van der Waals surface area contributed by atoms with Gasteiger partial charge in [-0.25, -0.2) is 0 Å². The first-order chi connectivity index (χ1) is 13.7. The average molecular weight is 404 g/mol. The molecule has 4 rings (SSSR count). The molecule has 1 aromatic rings. The Labute approximate surface area is 170 Å². The lowest BCUT2D eigenvalue weighted by Gasteiger charge is -2.31. The van der Waals surface area contributed by atoms with Crippen LogP contribution in [0.5, 0.6) is 0 Å². The second kappa shape index (κ2) is 9.03. The third-order valence-electron chi connectivity index (χ3n) is 5.90. The fraction of sp³-hybridized carbons (Fsp3) is 0.700. The predicted molar refractivity (Wildman–Crippen MR) is 111 cm³/mol. The molecule has 3 aliphatic rings. The van der Waals surface area contributed by atoms with Gasteiger partial charge in [-0.3, -0.25) is 14.5 Å². The number of carbonyl (C=O) groups excluding carboxylic acids is 2. The van der Waals surface area contributed by atoms with Crippen LogP contribution in [0.1, 0.15) is 57.8 Å². The van der Waals surface area contributed by atoms with Crippen molar-refractivity contribution in [2.24, 2.45) is 5.92 Å². The van der Waals surface area contributed by atoms with E-state index in [1.165, 1.54) is 42.6 Å².